The molecule has 0 aliphatic rings. The van der Waals surface area contributed by atoms with Gasteiger partial charge in [0.2, 0.25) is 21.8 Å². The molecule has 3 N–H and O–H groups in total. The fourth-order valence-electron chi connectivity index (χ4n) is 3.00. The molecule has 0 saturated carbocycles. The summed E-state index contributed by atoms with van der Waals surface area (Å²) in [5, 5.41) is 6.80. The molecule has 1 atom stereocenters. The van der Waals surface area contributed by atoms with Crippen molar-refractivity contribution in [3.8, 4) is 0 Å². The Balaban J connectivity index is 1.63. The van der Waals surface area contributed by atoms with Crippen LogP contribution in [-0.4, -0.2) is 32.8 Å². The summed E-state index contributed by atoms with van der Waals surface area (Å²) in [4.78, 5) is 24.6. The van der Waals surface area contributed by atoms with Crippen molar-refractivity contribution in [2.24, 2.45) is 5.92 Å². The molecule has 1 heterocycles. The van der Waals surface area contributed by atoms with E-state index < -0.39 is 27.9 Å². The maximum absolute atomic E-state index is 12.9. The molecule has 0 bridgehead atoms. The molecule has 3 rings (SSSR count). The number of carbonyl (C=O) groups excluding carboxylic acids is 2. The summed E-state index contributed by atoms with van der Waals surface area (Å²) in [6, 6.07) is 14.6. The fourth-order valence-corrected chi connectivity index (χ4v) is 4.38. The van der Waals surface area contributed by atoms with E-state index in [1.54, 1.807) is 38.1 Å². The van der Waals surface area contributed by atoms with Crippen molar-refractivity contribution < 1.29 is 22.4 Å². The molecule has 0 fully saturated rings. The molecular weight excluding hydrogens is 418 g/mol. The molecule has 3 aromatic rings. The molecule has 0 radical (unpaired) electrons. The maximum atomic E-state index is 12.9. The summed E-state index contributed by atoms with van der Waals surface area (Å²) in [5.41, 5.74) is 0. The third kappa shape index (κ3) is 5.93. The average molecular weight is 444 g/mol. The monoisotopic (exact) mass is 443 g/mol. The first-order valence-corrected chi connectivity index (χ1v) is 11.3. The number of fused-ring (bicyclic) bond motifs is 1. The second-order valence-electron chi connectivity index (χ2n) is 7.43. The van der Waals surface area contributed by atoms with Crippen molar-refractivity contribution in [1.29, 1.82) is 0 Å². The van der Waals surface area contributed by atoms with Crippen LogP contribution in [0.1, 0.15) is 19.6 Å². The number of furan rings is 1. The molecular formula is C22H25N3O5S. The van der Waals surface area contributed by atoms with Crippen LogP contribution >= 0.6 is 0 Å². The lowest BCUT2D eigenvalue weighted by molar-refractivity contribution is -0.127. The lowest BCUT2D eigenvalue weighted by atomic mass is 10.1. The van der Waals surface area contributed by atoms with Gasteiger partial charge >= 0.3 is 0 Å². The minimum absolute atomic E-state index is 0.0702. The van der Waals surface area contributed by atoms with Crippen molar-refractivity contribution in [1.82, 2.24) is 15.4 Å². The van der Waals surface area contributed by atoms with E-state index >= 15 is 0 Å². The Morgan fingerprint density at radius 2 is 1.71 bits per heavy atom. The lowest BCUT2D eigenvalue weighted by Crippen LogP contribution is -2.51. The highest BCUT2D eigenvalue weighted by Crippen LogP contribution is 2.19. The minimum Gasteiger partial charge on any atom is -0.467 e. The van der Waals surface area contributed by atoms with E-state index in [2.05, 4.69) is 15.4 Å². The van der Waals surface area contributed by atoms with Crippen LogP contribution < -0.4 is 15.4 Å². The summed E-state index contributed by atoms with van der Waals surface area (Å²) < 4.78 is 33.4. The van der Waals surface area contributed by atoms with Crippen LogP contribution in [-0.2, 0) is 26.2 Å². The zero-order valence-corrected chi connectivity index (χ0v) is 18.1. The van der Waals surface area contributed by atoms with Gasteiger partial charge in [-0.05, 0) is 41.0 Å². The maximum Gasteiger partial charge on any atom is 0.241 e. The molecule has 0 aliphatic heterocycles. The smallest absolute Gasteiger partial charge is 0.241 e. The summed E-state index contributed by atoms with van der Waals surface area (Å²) in [7, 11) is -3.94. The average Bonchev–Trinajstić information content (AvgIpc) is 3.27. The van der Waals surface area contributed by atoms with Crippen molar-refractivity contribution in [2.45, 2.75) is 31.3 Å². The molecule has 164 valence electrons. The molecule has 2 aromatic carbocycles. The van der Waals surface area contributed by atoms with E-state index in [1.165, 1.54) is 12.3 Å². The van der Waals surface area contributed by atoms with Crippen molar-refractivity contribution in [3.05, 3.63) is 66.6 Å². The van der Waals surface area contributed by atoms with Crippen LogP contribution in [0.4, 0.5) is 0 Å². The van der Waals surface area contributed by atoms with E-state index in [1.807, 2.05) is 24.3 Å². The Hall–Kier alpha value is -3.17. The molecule has 9 heteroatoms. The van der Waals surface area contributed by atoms with Gasteiger partial charge in [-0.1, -0.05) is 44.2 Å². The van der Waals surface area contributed by atoms with Gasteiger partial charge < -0.3 is 15.1 Å². The Bertz CT molecular complexity index is 1160. The van der Waals surface area contributed by atoms with Gasteiger partial charge in [-0.25, -0.2) is 8.42 Å². The second kappa shape index (κ2) is 9.76. The number of benzene rings is 2. The predicted molar refractivity (Wildman–Crippen MR) is 116 cm³/mol. The first-order chi connectivity index (χ1) is 14.8. The number of hydrogen-bond donors (Lipinski definition) is 3. The molecule has 0 saturated heterocycles. The summed E-state index contributed by atoms with van der Waals surface area (Å²) in [6.45, 7) is 3.37. The van der Waals surface area contributed by atoms with Crippen LogP contribution in [0.2, 0.25) is 0 Å². The normalized spacial score (nSPS) is 12.6. The summed E-state index contributed by atoms with van der Waals surface area (Å²) in [5.74, 6) is -0.735. The number of hydrogen-bond acceptors (Lipinski definition) is 5. The Labute approximate surface area is 181 Å². The third-order valence-corrected chi connectivity index (χ3v) is 6.16. The minimum atomic E-state index is -3.94. The molecule has 0 aliphatic carbocycles. The largest absolute Gasteiger partial charge is 0.467 e. The van der Waals surface area contributed by atoms with E-state index in [9.17, 15) is 18.0 Å². The highest BCUT2D eigenvalue weighted by atomic mass is 32.2. The van der Waals surface area contributed by atoms with E-state index in [4.69, 9.17) is 4.42 Å². The number of sulfonamides is 1. The quantitative estimate of drug-likeness (QED) is 0.469. The van der Waals surface area contributed by atoms with Gasteiger partial charge in [0, 0.05) is 0 Å². The van der Waals surface area contributed by atoms with Crippen molar-refractivity contribution in [3.63, 3.8) is 0 Å². The van der Waals surface area contributed by atoms with E-state index in [0.717, 1.165) is 10.8 Å². The number of amides is 2. The van der Waals surface area contributed by atoms with Gasteiger partial charge in [0.15, 0.2) is 0 Å². The van der Waals surface area contributed by atoms with Crippen molar-refractivity contribution in [2.75, 3.05) is 6.54 Å². The standard InChI is InChI=1S/C22H25N3O5S/c1-15(2)21(22(27)24-14-20(26)23-13-18-8-5-11-30-18)25-31(28,29)19-10-9-16-6-3-4-7-17(16)12-19/h3-12,15,21,25H,13-14H2,1-2H3,(H,23,26)(H,24,27). The predicted octanol–water partition coefficient (Wildman–Crippen LogP) is 2.17. The van der Waals surface area contributed by atoms with Gasteiger partial charge in [-0.15, -0.1) is 0 Å². The topological polar surface area (TPSA) is 118 Å². The Kier molecular flexibility index (Phi) is 7.09. The first-order valence-electron chi connectivity index (χ1n) is 9.84. The zero-order valence-electron chi connectivity index (χ0n) is 17.3. The summed E-state index contributed by atoms with van der Waals surface area (Å²) >= 11 is 0. The number of nitrogens with one attached hydrogen (secondary N) is 3. The molecule has 2 amide bonds. The third-order valence-electron chi connectivity index (χ3n) is 4.73. The van der Waals surface area contributed by atoms with Gasteiger partial charge in [0.05, 0.1) is 24.2 Å². The van der Waals surface area contributed by atoms with Gasteiger partial charge in [-0.3, -0.25) is 9.59 Å². The SMILES string of the molecule is CC(C)C(NS(=O)(=O)c1ccc2ccccc2c1)C(=O)NCC(=O)NCc1ccco1. The second-order valence-corrected chi connectivity index (χ2v) is 9.14. The van der Waals surface area contributed by atoms with Gasteiger partial charge in [0.25, 0.3) is 0 Å². The molecule has 0 spiro atoms. The zero-order chi connectivity index (χ0) is 22.4. The summed E-state index contributed by atoms with van der Waals surface area (Å²) in [6.07, 6.45) is 1.50. The van der Waals surface area contributed by atoms with E-state index in [0.29, 0.717) is 5.76 Å². The van der Waals surface area contributed by atoms with Gasteiger partial charge in [0.1, 0.15) is 11.8 Å². The molecule has 1 unspecified atom stereocenters. The highest BCUT2D eigenvalue weighted by Gasteiger charge is 2.28. The number of carbonyl (C=O) groups is 2. The molecule has 31 heavy (non-hydrogen) atoms. The lowest BCUT2D eigenvalue weighted by Gasteiger charge is -2.21. The van der Waals surface area contributed by atoms with Crippen LogP contribution in [0.5, 0.6) is 0 Å². The molecule has 8 nitrogen and oxygen atoms in total. The number of rotatable bonds is 9. The fraction of sp³-hybridized carbons (Fsp3) is 0.273. The van der Waals surface area contributed by atoms with E-state index in [-0.39, 0.29) is 23.9 Å². The van der Waals surface area contributed by atoms with Crippen molar-refractivity contribution >= 4 is 32.6 Å². The molecule has 1 aromatic heterocycles. The van der Waals surface area contributed by atoms with Crippen LogP contribution in [0.25, 0.3) is 10.8 Å². The Morgan fingerprint density at radius 3 is 2.39 bits per heavy atom. The highest BCUT2D eigenvalue weighted by molar-refractivity contribution is 7.89. The van der Waals surface area contributed by atoms with Gasteiger partial charge in [-0.2, -0.15) is 4.72 Å². The van der Waals surface area contributed by atoms with Crippen LogP contribution in [0, 0.1) is 5.92 Å². The first kappa shape index (κ1) is 22.5. The van der Waals surface area contributed by atoms with Crippen LogP contribution in [0.3, 0.4) is 0 Å². The Morgan fingerprint density at radius 1 is 0.968 bits per heavy atom. The van der Waals surface area contributed by atoms with Crippen LogP contribution in [0.15, 0.2) is 70.2 Å².